The van der Waals surface area contributed by atoms with Gasteiger partial charge in [0.05, 0.1) is 6.54 Å². The number of rotatable bonds is 8. The Morgan fingerprint density at radius 2 is 2.15 bits per heavy atom. The van der Waals surface area contributed by atoms with Crippen LogP contribution in [0.3, 0.4) is 0 Å². The average Bonchev–Trinajstić information content (AvgIpc) is 2.60. The van der Waals surface area contributed by atoms with Crippen molar-refractivity contribution in [3.8, 4) is 0 Å². The lowest BCUT2D eigenvalue weighted by Gasteiger charge is -2.32. The minimum Gasteiger partial charge on any atom is -0.369 e. The van der Waals surface area contributed by atoms with Gasteiger partial charge in [0.25, 0.3) is 0 Å². The predicted molar refractivity (Wildman–Crippen MR) is 102 cm³/mol. The highest BCUT2D eigenvalue weighted by Crippen LogP contribution is 2.10. The van der Waals surface area contributed by atoms with Crippen LogP contribution in [-0.4, -0.2) is 55.5 Å². The minimum atomic E-state index is -0.274. The molecule has 0 unspecified atom stereocenters. The molecule has 0 aliphatic carbocycles. The molecule has 144 valence electrons. The van der Waals surface area contributed by atoms with Gasteiger partial charge in [-0.25, -0.2) is 4.39 Å². The summed E-state index contributed by atoms with van der Waals surface area (Å²) in [5.74, 6) is 0.355. The average molecular weight is 363 g/mol. The molecule has 6 nitrogen and oxygen atoms in total. The maximum atomic E-state index is 13.2. The van der Waals surface area contributed by atoms with Crippen LogP contribution in [0.5, 0.6) is 0 Å². The van der Waals surface area contributed by atoms with Crippen molar-refractivity contribution < 1.29 is 9.18 Å². The minimum absolute atomic E-state index is 0.191. The van der Waals surface area contributed by atoms with E-state index in [1.54, 1.807) is 12.1 Å². The third kappa shape index (κ3) is 7.39. The second-order valence-electron chi connectivity index (χ2n) is 6.66. The van der Waals surface area contributed by atoms with Crippen LogP contribution >= 0.6 is 0 Å². The number of nitrogens with zero attached hydrogens (tertiary/aromatic N) is 2. The Balaban J connectivity index is 1.75. The predicted octanol–water partition coefficient (Wildman–Crippen LogP) is 1.26. The van der Waals surface area contributed by atoms with Gasteiger partial charge >= 0.3 is 0 Å². The van der Waals surface area contributed by atoms with E-state index < -0.39 is 0 Å². The Labute approximate surface area is 155 Å². The molecule has 0 aromatic heterocycles. The molecule has 0 bridgehead atoms. The molecule has 4 N–H and O–H groups in total. The second-order valence-corrected chi connectivity index (χ2v) is 6.66. The molecule has 26 heavy (non-hydrogen) atoms. The van der Waals surface area contributed by atoms with E-state index in [-0.39, 0.29) is 11.7 Å². The smallest absolute Gasteiger partial charge is 0.231 e. The maximum Gasteiger partial charge on any atom is 0.231 e. The lowest BCUT2D eigenvalue weighted by molar-refractivity contribution is -0.119. The Morgan fingerprint density at radius 3 is 2.81 bits per heavy atom. The quantitative estimate of drug-likeness (QED) is 0.369. The van der Waals surface area contributed by atoms with Gasteiger partial charge in [0.1, 0.15) is 5.82 Å². The fraction of sp³-hybridized carbons (Fsp3) is 0.579. The first-order valence-corrected chi connectivity index (χ1v) is 9.36. The van der Waals surface area contributed by atoms with Crippen LogP contribution in [-0.2, 0) is 11.2 Å². The zero-order valence-corrected chi connectivity index (χ0v) is 15.5. The molecule has 1 aliphatic heterocycles. The molecular formula is C19H30FN5O. The third-order valence-electron chi connectivity index (χ3n) is 4.43. The summed E-state index contributed by atoms with van der Waals surface area (Å²) >= 11 is 0. The number of hydrogen-bond acceptors (Lipinski definition) is 3. The van der Waals surface area contributed by atoms with Crippen LogP contribution in [0.4, 0.5) is 4.39 Å². The summed E-state index contributed by atoms with van der Waals surface area (Å²) in [6.45, 7) is 5.59. The molecule has 1 amide bonds. The van der Waals surface area contributed by atoms with Gasteiger partial charge in [0.2, 0.25) is 5.91 Å². The summed E-state index contributed by atoms with van der Waals surface area (Å²) in [5, 5.41) is 6.75. The van der Waals surface area contributed by atoms with E-state index in [4.69, 9.17) is 5.73 Å². The fourth-order valence-electron chi connectivity index (χ4n) is 3.14. The van der Waals surface area contributed by atoms with E-state index in [1.165, 1.54) is 6.07 Å². The number of aryl methyl sites for hydroxylation is 1. The van der Waals surface area contributed by atoms with Crippen molar-refractivity contribution in [1.29, 1.82) is 0 Å². The van der Waals surface area contributed by atoms with Gasteiger partial charge in [0, 0.05) is 32.2 Å². The fourth-order valence-corrected chi connectivity index (χ4v) is 3.14. The summed E-state index contributed by atoms with van der Waals surface area (Å²) in [5.41, 5.74) is 6.25. The molecule has 7 heteroatoms. The molecule has 2 rings (SSSR count). The van der Waals surface area contributed by atoms with Gasteiger partial charge in [-0.3, -0.25) is 14.7 Å². The lowest BCUT2D eigenvalue weighted by Crippen LogP contribution is -2.49. The van der Waals surface area contributed by atoms with Crippen molar-refractivity contribution in [2.24, 2.45) is 10.7 Å². The number of benzene rings is 1. The van der Waals surface area contributed by atoms with Crippen molar-refractivity contribution in [2.75, 3.05) is 32.7 Å². The highest BCUT2D eigenvalue weighted by molar-refractivity contribution is 5.80. The molecule has 1 heterocycles. The number of halogens is 1. The molecule has 0 radical (unpaired) electrons. The van der Waals surface area contributed by atoms with Crippen LogP contribution in [0.25, 0.3) is 0 Å². The number of carbonyl (C=O) groups is 1. The van der Waals surface area contributed by atoms with Gasteiger partial charge in [-0.1, -0.05) is 12.1 Å². The summed E-state index contributed by atoms with van der Waals surface area (Å²) in [4.78, 5) is 17.7. The monoisotopic (exact) mass is 363 g/mol. The van der Waals surface area contributed by atoms with Crippen molar-refractivity contribution in [3.63, 3.8) is 0 Å². The van der Waals surface area contributed by atoms with Gasteiger partial charge in [-0.2, -0.15) is 0 Å². The van der Waals surface area contributed by atoms with Crippen molar-refractivity contribution in [1.82, 2.24) is 15.5 Å². The third-order valence-corrected chi connectivity index (χ3v) is 4.43. The van der Waals surface area contributed by atoms with Crippen LogP contribution < -0.4 is 16.4 Å². The number of nitrogens with two attached hydrogens (primary N) is 1. The zero-order valence-electron chi connectivity index (χ0n) is 15.5. The van der Waals surface area contributed by atoms with E-state index in [0.29, 0.717) is 19.1 Å². The molecule has 1 aliphatic rings. The van der Waals surface area contributed by atoms with E-state index in [2.05, 4.69) is 20.5 Å². The Kier molecular flexibility index (Phi) is 8.34. The normalized spacial score (nSPS) is 16.5. The molecule has 0 atom stereocenters. The van der Waals surface area contributed by atoms with Crippen molar-refractivity contribution in [2.45, 2.75) is 38.6 Å². The molecule has 1 aromatic carbocycles. The summed E-state index contributed by atoms with van der Waals surface area (Å²) in [6, 6.07) is 7.07. The van der Waals surface area contributed by atoms with Gasteiger partial charge in [0.15, 0.2) is 5.96 Å². The zero-order chi connectivity index (χ0) is 18.8. The Hall–Kier alpha value is -2.15. The Bertz CT molecular complexity index is 599. The first-order valence-electron chi connectivity index (χ1n) is 9.36. The number of likely N-dealkylation sites (tertiary alicyclic amines) is 1. The highest BCUT2D eigenvalue weighted by atomic mass is 19.1. The van der Waals surface area contributed by atoms with E-state index in [0.717, 1.165) is 56.8 Å². The first kappa shape index (κ1) is 20.2. The van der Waals surface area contributed by atoms with Crippen molar-refractivity contribution in [3.05, 3.63) is 35.6 Å². The number of hydrogen-bond donors (Lipinski definition) is 3. The van der Waals surface area contributed by atoms with Crippen LogP contribution in [0, 0.1) is 5.82 Å². The van der Waals surface area contributed by atoms with Crippen molar-refractivity contribution >= 4 is 11.9 Å². The number of amides is 1. The molecule has 1 aromatic rings. The molecule has 1 saturated heterocycles. The largest absolute Gasteiger partial charge is 0.369 e. The lowest BCUT2D eigenvalue weighted by atomic mass is 10.1. The number of piperidine rings is 1. The SMILES string of the molecule is CCNC(=NCCCc1cccc(F)c1)NC1CCN(CC(N)=O)CC1. The summed E-state index contributed by atoms with van der Waals surface area (Å²) in [7, 11) is 0. The molecule has 0 saturated carbocycles. The Morgan fingerprint density at radius 1 is 1.38 bits per heavy atom. The number of carbonyl (C=O) groups excluding carboxylic acids is 1. The van der Waals surface area contributed by atoms with E-state index >= 15 is 0 Å². The van der Waals surface area contributed by atoms with Crippen LogP contribution in [0.1, 0.15) is 31.7 Å². The van der Waals surface area contributed by atoms with Gasteiger partial charge < -0.3 is 16.4 Å². The van der Waals surface area contributed by atoms with Crippen LogP contribution in [0.15, 0.2) is 29.3 Å². The van der Waals surface area contributed by atoms with E-state index in [9.17, 15) is 9.18 Å². The topological polar surface area (TPSA) is 82.8 Å². The number of nitrogens with one attached hydrogen (secondary N) is 2. The summed E-state index contributed by atoms with van der Waals surface area (Å²) in [6.07, 6.45) is 3.60. The number of primary amides is 1. The first-order chi connectivity index (χ1) is 12.6. The van der Waals surface area contributed by atoms with E-state index in [1.807, 2.05) is 13.0 Å². The summed E-state index contributed by atoms with van der Waals surface area (Å²) < 4.78 is 13.2. The molecule has 1 fully saturated rings. The highest BCUT2D eigenvalue weighted by Gasteiger charge is 2.20. The molecule has 0 spiro atoms. The van der Waals surface area contributed by atoms with Crippen LogP contribution in [0.2, 0.25) is 0 Å². The second kappa shape index (κ2) is 10.8. The molecular weight excluding hydrogens is 333 g/mol. The number of aliphatic imine (C=N–C) groups is 1. The maximum absolute atomic E-state index is 13.2. The standard InChI is InChI=1S/C19H30FN5O/c1-2-22-19(23-10-4-6-15-5-3-7-16(20)13-15)24-17-8-11-25(12-9-17)14-18(21)26/h3,5,7,13,17H,2,4,6,8-12,14H2,1H3,(H2,21,26)(H2,22,23,24). The number of guanidine groups is 1. The van der Waals surface area contributed by atoms with Gasteiger partial charge in [-0.15, -0.1) is 0 Å². The van der Waals surface area contributed by atoms with Gasteiger partial charge in [-0.05, 0) is 50.3 Å².